The normalized spacial score (nSPS) is 13.0. The second kappa shape index (κ2) is 64.1. The van der Waals surface area contributed by atoms with Gasteiger partial charge in [0.1, 0.15) is 13.2 Å². The number of carbonyl (C=O) groups is 3. The third-order valence-corrected chi connectivity index (χ3v) is 13.1. The standard InChI is InChI=1S/C71H116O6/c1-4-7-10-13-16-19-22-25-27-28-29-30-31-32-33-34-35-36-37-38-39-40-41-42-44-46-49-52-55-58-61-64-70(73)76-67-68(66-75-69(72)63-60-57-54-51-48-45-24-21-18-15-12-9-6-3)77-71(74)65-62-59-56-53-50-47-43-26-23-20-17-14-11-8-5-2/h7-12,16-21,25-27,29-30,32-33,43,45,48,68H,4-6,13-15,22-24,28,31,34-42,44,46-47,49-67H2,1-3H3/b10-7-,11-8-,12-9-,19-16-,20-17-,21-18-,27-25-,30-29-,33-32-,43-26-,48-45-. The first-order chi connectivity index (χ1) is 38.0. The molecule has 0 aliphatic heterocycles. The first-order valence-electron chi connectivity index (χ1n) is 31.7. The highest BCUT2D eigenvalue weighted by Gasteiger charge is 2.19. The summed E-state index contributed by atoms with van der Waals surface area (Å²) in [6.07, 6.45) is 90.4. The van der Waals surface area contributed by atoms with Crippen molar-refractivity contribution in [1.29, 1.82) is 0 Å². The van der Waals surface area contributed by atoms with E-state index in [0.717, 1.165) is 154 Å². The van der Waals surface area contributed by atoms with E-state index in [1.165, 1.54) is 83.5 Å². The molecule has 1 unspecified atom stereocenters. The lowest BCUT2D eigenvalue weighted by molar-refractivity contribution is -0.167. The first kappa shape index (κ1) is 72.5. The van der Waals surface area contributed by atoms with Crippen LogP contribution in [0.3, 0.4) is 0 Å². The van der Waals surface area contributed by atoms with Crippen molar-refractivity contribution < 1.29 is 28.6 Å². The van der Waals surface area contributed by atoms with E-state index in [1.807, 2.05) is 0 Å². The molecule has 0 aliphatic carbocycles. The Morgan fingerprint density at radius 3 is 0.740 bits per heavy atom. The summed E-state index contributed by atoms with van der Waals surface area (Å²) < 4.78 is 16.9. The van der Waals surface area contributed by atoms with Gasteiger partial charge in [0.25, 0.3) is 0 Å². The van der Waals surface area contributed by atoms with Gasteiger partial charge in [-0.05, 0) is 128 Å². The van der Waals surface area contributed by atoms with E-state index in [4.69, 9.17) is 14.2 Å². The maximum atomic E-state index is 12.9. The maximum absolute atomic E-state index is 12.9. The zero-order valence-electron chi connectivity index (χ0n) is 49.9. The van der Waals surface area contributed by atoms with Crippen LogP contribution in [0.25, 0.3) is 0 Å². The molecule has 0 aliphatic rings. The molecule has 0 heterocycles. The van der Waals surface area contributed by atoms with Gasteiger partial charge in [0, 0.05) is 19.3 Å². The average Bonchev–Trinajstić information content (AvgIpc) is 3.43. The van der Waals surface area contributed by atoms with E-state index >= 15 is 0 Å². The van der Waals surface area contributed by atoms with Crippen molar-refractivity contribution in [3.05, 3.63) is 134 Å². The van der Waals surface area contributed by atoms with E-state index < -0.39 is 6.10 Å². The summed E-state index contributed by atoms with van der Waals surface area (Å²) in [5.74, 6) is -0.943. The fraction of sp³-hybridized carbons (Fsp3) is 0.648. The lowest BCUT2D eigenvalue weighted by atomic mass is 10.0. The Morgan fingerprint density at radius 2 is 0.468 bits per heavy atom. The Hall–Kier alpha value is -4.45. The molecule has 0 N–H and O–H groups in total. The van der Waals surface area contributed by atoms with Gasteiger partial charge in [-0.2, -0.15) is 0 Å². The summed E-state index contributed by atoms with van der Waals surface area (Å²) in [5, 5.41) is 0. The van der Waals surface area contributed by atoms with Crippen LogP contribution in [0.15, 0.2) is 134 Å². The number of carbonyl (C=O) groups excluding carboxylic acids is 3. The molecule has 0 amide bonds. The van der Waals surface area contributed by atoms with Crippen molar-refractivity contribution in [2.75, 3.05) is 13.2 Å². The largest absolute Gasteiger partial charge is 0.462 e. The third-order valence-electron chi connectivity index (χ3n) is 13.1. The fourth-order valence-corrected chi connectivity index (χ4v) is 8.50. The van der Waals surface area contributed by atoms with Crippen LogP contribution in [-0.2, 0) is 28.6 Å². The van der Waals surface area contributed by atoms with Gasteiger partial charge in [-0.15, -0.1) is 0 Å². The summed E-state index contributed by atoms with van der Waals surface area (Å²) >= 11 is 0. The van der Waals surface area contributed by atoms with Gasteiger partial charge in [0.05, 0.1) is 0 Å². The Balaban J connectivity index is 4.24. The molecule has 0 radical (unpaired) electrons. The van der Waals surface area contributed by atoms with Crippen LogP contribution >= 0.6 is 0 Å². The smallest absolute Gasteiger partial charge is 0.306 e. The number of rotatable bonds is 56. The zero-order chi connectivity index (χ0) is 55.7. The van der Waals surface area contributed by atoms with E-state index in [-0.39, 0.29) is 31.1 Å². The molecule has 0 aromatic rings. The monoisotopic (exact) mass is 1060 g/mol. The molecule has 436 valence electrons. The number of allylic oxidation sites excluding steroid dienone is 22. The van der Waals surface area contributed by atoms with Gasteiger partial charge in [0.15, 0.2) is 6.10 Å². The van der Waals surface area contributed by atoms with Crippen LogP contribution in [0.5, 0.6) is 0 Å². The van der Waals surface area contributed by atoms with Crippen molar-refractivity contribution in [2.45, 2.75) is 284 Å². The third kappa shape index (κ3) is 62.3. The highest BCUT2D eigenvalue weighted by molar-refractivity contribution is 5.71. The molecule has 6 heteroatoms. The highest BCUT2D eigenvalue weighted by Crippen LogP contribution is 2.16. The second-order valence-corrected chi connectivity index (χ2v) is 20.5. The van der Waals surface area contributed by atoms with Gasteiger partial charge in [0.2, 0.25) is 0 Å². The quantitative estimate of drug-likeness (QED) is 0.0261. The van der Waals surface area contributed by atoms with Crippen molar-refractivity contribution in [1.82, 2.24) is 0 Å². The van der Waals surface area contributed by atoms with Crippen LogP contribution in [0.1, 0.15) is 278 Å². The number of esters is 3. The van der Waals surface area contributed by atoms with Crippen molar-refractivity contribution in [3.63, 3.8) is 0 Å². The molecule has 0 aromatic carbocycles. The molecule has 0 rings (SSSR count). The number of hydrogen-bond donors (Lipinski definition) is 0. The molecule has 0 aromatic heterocycles. The predicted octanol–water partition coefficient (Wildman–Crippen LogP) is 21.8. The average molecular weight is 1070 g/mol. The van der Waals surface area contributed by atoms with Gasteiger partial charge < -0.3 is 14.2 Å². The van der Waals surface area contributed by atoms with Gasteiger partial charge in [-0.25, -0.2) is 0 Å². The fourth-order valence-electron chi connectivity index (χ4n) is 8.50. The Labute approximate surface area is 475 Å². The Kier molecular flexibility index (Phi) is 60.4. The predicted molar refractivity (Wildman–Crippen MR) is 334 cm³/mol. The molecular formula is C71H116O6. The lowest BCUT2D eigenvalue weighted by Gasteiger charge is -2.18. The van der Waals surface area contributed by atoms with Crippen molar-refractivity contribution >= 4 is 17.9 Å². The highest BCUT2D eigenvalue weighted by atomic mass is 16.6. The van der Waals surface area contributed by atoms with Crippen LogP contribution in [0.4, 0.5) is 0 Å². The zero-order valence-corrected chi connectivity index (χ0v) is 49.9. The maximum Gasteiger partial charge on any atom is 0.306 e. The van der Waals surface area contributed by atoms with Crippen LogP contribution < -0.4 is 0 Å². The van der Waals surface area contributed by atoms with Gasteiger partial charge >= 0.3 is 17.9 Å². The minimum Gasteiger partial charge on any atom is -0.462 e. The Morgan fingerprint density at radius 1 is 0.260 bits per heavy atom. The number of ether oxygens (including phenoxy) is 3. The molecule has 1 atom stereocenters. The molecule has 0 fully saturated rings. The molecule has 0 saturated heterocycles. The van der Waals surface area contributed by atoms with Crippen LogP contribution in [0, 0.1) is 0 Å². The molecule has 6 nitrogen and oxygen atoms in total. The Bertz CT molecular complexity index is 1650. The van der Waals surface area contributed by atoms with E-state index in [2.05, 4.69) is 154 Å². The lowest BCUT2D eigenvalue weighted by Crippen LogP contribution is -2.30. The van der Waals surface area contributed by atoms with Gasteiger partial charge in [-0.3, -0.25) is 14.4 Å². The van der Waals surface area contributed by atoms with Crippen molar-refractivity contribution in [3.8, 4) is 0 Å². The summed E-state index contributed by atoms with van der Waals surface area (Å²) in [6.45, 7) is 6.26. The number of hydrogen-bond acceptors (Lipinski definition) is 6. The molecule has 0 spiro atoms. The SMILES string of the molecule is CC/C=C\C/C=C\C/C=C\C/C=C\C/C=C\CCCCCCCCCCCCCCCCCC(=O)OCC(COC(=O)CCCCC/C=C\C/C=C\C/C=C\CC)OC(=O)CCCCCCC/C=C\C/C=C\C/C=C\CC. The summed E-state index contributed by atoms with van der Waals surface area (Å²) in [7, 11) is 0. The summed E-state index contributed by atoms with van der Waals surface area (Å²) in [6, 6.07) is 0. The minimum atomic E-state index is -0.803. The van der Waals surface area contributed by atoms with E-state index in [0.29, 0.717) is 19.3 Å². The topological polar surface area (TPSA) is 78.9 Å². The van der Waals surface area contributed by atoms with Crippen molar-refractivity contribution in [2.24, 2.45) is 0 Å². The summed E-state index contributed by atoms with van der Waals surface area (Å²) in [4.78, 5) is 38.2. The van der Waals surface area contributed by atoms with Crippen LogP contribution in [-0.4, -0.2) is 37.2 Å². The molecule has 77 heavy (non-hydrogen) atoms. The first-order valence-corrected chi connectivity index (χ1v) is 31.7. The summed E-state index contributed by atoms with van der Waals surface area (Å²) in [5.41, 5.74) is 0. The van der Waals surface area contributed by atoms with Crippen LogP contribution in [0.2, 0.25) is 0 Å². The number of unbranched alkanes of at least 4 members (excludes halogenated alkanes) is 23. The molecule has 0 bridgehead atoms. The molecular weight excluding hydrogens is 949 g/mol. The minimum absolute atomic E-state index is 0.0968. The van der Waals surface area contributed by atoms with Gasteiger partial charge in [-0.1, -0.05) is 264 Å². The molecule has 0 saturated carbocycles. The van der Waals surface area contributed by atoms with E-state index in [9.17, 15) is 14.4 Å². The second-order valence-electron chi connectivity index (χ2n) is 20.5. The van der Waals surface area contributed by atoms with E-state index in [1.54, 1.807) is 0 Å².